The molecular formula is C14H27NO2. The zero-order valence-electron chi connectivity index (χ0n) is 11.1. The molecule has 100 valence electrons. The summed E-state index contributed by atoms with van der Waals surface area (Å²) in [5.74, 6) is 1.22. The lowest BCUT2D eigenvalue weighted by atomic mass is 9.97. The van der Waals surface area contributed by atoms with E-state index in [1.54, 1.807) is 7.11 Å². The maximum absolute atomic E-state index is 10.1. The van der Waals surface area contributed by atoms with Crippen LogP contribution in [0.1, 0.15) is 38.5 Å². The predicted octanol–water partition coefficient (Wildman–Crippen LogP) is 1.90. The van der Waals surface area contributed by atoms with Crippen molar-refractivity contribution in [1.29, 1.82) is 0 Å². The molecule has 0 aromatic rings. The fourth-order valence-electron chi connectivity index (χ4n) is 3.36. The lowest BCUT2D eigenvalue weighted by Crippen LogP contribution is -2.33. The molecule has 2 aliphatic rings. The van der Waals surface area contributed by atoms with Crippen molar-refractivity contribution in [3.63, 3.8) is 0 Å². The van der Waals surface area contributed by atoms with Crippen molar-refractivity contribution in [2.45, 2.75) is 44.6 Å². The Bertz CT molecular complexity index is 222. The number of ether oxygens (including phenoxy) is 1. The van der Waals surface area contributed by atoms with Crippen LogP contribution in [-0.4, -0.2) is 49.5 Å². The molecule has 1 saturated heterocycles. The fraction of sp³-hybridized carbons (Fsp3) is 1.00. The minimum absolute atomic E-state index is 0.0565. The van der Waals surface area contributed by atoms with Crippen LogP contribution in [-0.2, 0) is 4.74 Å². The van der Waals surface area contributed by atoms with Gasteiger partial charge in [-0.05, 0) is 37.6 Å². The molecule has 3 atom stereocenters. The molecule has 1 heterocycles. The van der Waals surface area contributed by atoms with Gasteiger partial charge in [-0.2, -0.15) is 0 Å². The van der Waals surface area contributed by atoms with Gasteiger partial charge in [0.15, 0.2) is 0 Å². The number of methoxy groups -OCH3 is 1. The van der Waals surface area contributed by atoms with E-state index in [9.17, 15) is 5.11 Å². The SMILES string of the molecule is COCC1CCN(CC2CCCCCC2O)C1. The Labute approximate surface area is 105 Å². The zero-order chi connectivity index (χ0) is 12.1. The zero-order valence-corrected chi connectivity index (χ0v) is 11.1. The number of hydrogen-bond donors (Lipinski definition) is 1. The van der Waals surface area contributed by atoms with Gasteiger partial charge in [0.05, 0.1) is 12.7 Å². The fourth-order valence-corrected chi connectivity index (χ4v) is 3.36. The summed E-state index contributed by atoms with van der Waals surface area (Å²) < 4.78 is 5.23. The summed E-state index contributed by atoms with van der Waals surface area (Å²) in [6.07, 6.45) is 7.25. The molecule has 0 amide bonds. The van der Waals surface area contributed by atoms with Gasteiger partial charge in [-0.3, -0.25) is 0 Å². The third-order valence-electron chi connectivity index (χ3n) is 4.38. The van der Waals surface area contributed by atoms with Crippen molar-refractivity contribution in [3.05, 3.63) is 0 Å². The van der Waals surface area contributed by atoms with Gasteiger partial charge in [-0.15, -0.1) is 0 Å². The van der Waals surface area contributed by atoms with Crippen LogP contribution in [0.4, 0.5) is 0 Å². The molecule has 1 aliphatic heterocycles. The highest BCUT2D eigenvalue weighted by molar-refractivity contribution is 4.81. The van der Waals surface area contributed by atoms with Gasteiger partial charge < -0.3 is 14.7 Å². The second kappa shape index (κ2) is 6.72. The molecule has 3 nitrogen and oxygen atoms in total. The summed E-state index contributed by atoms with van der Waals surface area (Å²) in [5, 5.41) is 10.1. The molecule has 0 radical (unpaired) electrons. The Hall–Kier alpha value is -0.120. The van der Waals surface area contributed by atoms with E-state index >= 15 is 0 Å². The lowest BCUT2D eigenvalue weighted by molar-refractivity contribution is 0.0764. The first-order valence-electron chi connectivity index (χ1n) is 7.19. The highest BCUT2D eigenvalue weighted by Crippen LogP contribution is 2.26. The third-order valence-corrected chi connectivity index (χ3v) is 4.38. The summed E-state index contributed by atoms with van der Waals surface area (Å²) in [5.41, 5.74) is 0. The van der Waals surface area contributed by atoms with E-state index < -0.39 is 0 Å². The highest BCUT2D eigenvalue weighted by Gasteiger charge is 2.28. The average molecular weight is 241 g/mol. The van der Waals surface area contributed by atoms with E-state index in [0.717, 1.165) is 26.1 Å². The largest absolute Gasteiger partial charge is 0.393 e. The topological polar surface area (TPSA) is 32.7 Å². The number of likely N-dealkylation sites (tertiary alicyclic amines) is 1. The van der Waals surface area contributed by atoms with Crippen LogP contribution in [0.5, 0.6) is 0 Å². The number of nitrogens with zero attached hydrogens (tertiary/aromatic N) is 1. The maximum Gasteiger partial charge on any atom is 0.0580 e. The summed E-state index contributed by atoms with van der Waals surface area (Å²) in [7, 11) is 1.79. The van der Waals surface area contributed by atoms with Crippen molar-refractivity contribution in [2.75, 3.05) is 33.4 Å². The number of aliphatic hydroxyl groups excluding tert-OH is 1. The second-order valence-electron chi connectivity index (χ2n) is 5.84. The van der Waals surface area contributed by atoms with Gasteiger partial charge in [0.2, 0.25) is 0 Å². The molecule has 0 bridgehead atoms. The Morgan fingerprint density at radius 3 is 2.82 bits per heavy atom. The predicted molar refractivity (Wildman–Crippen MR) is 69.0 cm³/mol. The van der Waals surface area contributed by atoms with E-state index in [4.69, 9.17) is 4.74 Å². The molecule has 0 spiro atoms. The standard InChI is InChI=1S/C14H27NO2/c1-17-11-12-7-8-15(9-12)10-13-5-3-2-4-6-14(13)16/h12-14,16H,2-11H2,1H3. The third kappa shape index (κ3) is 3.94. The summed E-state index contributed by atoms with van der Waals surface area (Å²) in [4.78, 5) is 2.53. The Kier molecular flexibility index (Phi) is 5.26. The van der Waals surface area contributed by atoms with Crippen molar-refractivity contribution in [3.8, 4) is 0 Å². The van der Waals surface area contributed by atoms with Crippen LogP contribution in [0.15, 0.2) is 0 Å². The minimum Gasteiger partial charge on any atom is -0.393 e. The highest BCUT2D eigenvalue weighted by atomic mass is 16.5. The molecule has 2 fully saturated rings. The lowest BCUT2D eigenvalue weighted by Gasteiger charge is -2.26. The van der Waals surface area contributed by atoms with Crippen molar-refractivity contribution in [2.24, 2.45) is 11.8 Å². The second-order valence-corrected chi connectivity index (χ2v) is 5.84. The molecule has 1 aliphatic carbocycles. The molecule has 1 N–H and O–H groups in total. The summed E-state index contributed by atoms with van der Waals surface area (Å²) >= 11 is 0. The molecule has 1 saturated carbocycles. The van der Waals surface area contributed by atoms with Crippen molar-refractivity contribution in [1.82, 2.24) is 4.90 Å². The summed E-state index contributed by atoms with van der Waals surface area (Å²) in [6.45, 7) is 4.35. The normalized spacial score (nSPS) is 36.0. The maximum atomic E-state index is 10.1. The van der Waals surface area contributed by atoms with Gasteiger partial charge in [-0.1, -0.05) is 19.3 Å². The monoisotopic (exact) mass is 241 g/mol. The number of hydrogen-bond acceptors (Lipinski definition) is 3. The van der Waals surface area contributed by atoms with Crippen LogP contribution >= 0.6 is 0 Å². The quantitative estimate of drug-likeness (QED) is 0.763. The molecule has 0 aromatic carbocycles. The Balaban J connectivity index is 1.76. The Morgan fingerprint density at radius 2 is 2.00 bits per heavy atom. The first-order valence-corrected chi connectivity index (χ1v) is 7.19. The molecule has 0 aromatic heterocycles. The molecule has 2 rings (SSSR count). The minimum atomic E-state index is -0.0565. The van der Waals surface area contributed by atoms with E-state index in [1.165, 1.54) is 38.6 Å². The van der Waals surface area contributed by atoms with Crippen LogP contribution in [0, 0.1) is 11.8 Å². The van der Waals surface area contributed by atoms with Crippen molar-refractivity contribution < 1.29 is 9.84 Å². The molecule has 3 unspecified atom stereocenters. The van der Waals surface area contributed by atoms with Crippen LogP contribution in [0.25, 0.3) is 0 Å². The summed E-state index contributed by atoms with van der Waals surface area (Å²) in [6, 6.07) is 0. The Morgan fingerprint density at radius 1 is 1.18 bits per heavy atom. The smallest absolute Gasteiger partial charge is 0.0580 e. The average Bonchev–Trinajstić information content (AvgIpc) is 2.65. The first-order chi connectivity index (χ1) is 8.29. The van der Waals surface area contributed by atoms with E-state index in [1.807, 2.05) is 0 Å². The van der Waals surface area contributed by atoms with E-state index in [0.29, 0.717) is 11.8 Å². The van der Waals surface area contributed by atoms with Gasteiger partial charge in [0.25, 0.3) is 0 Å². The molecule has 17 heavy (non-hydrogen) atoms. The molecular weight excluding hydrogens is 214 g/mol. The van der Waals surface area contributed by atoms with Crippen LogP contribution < -0.4 is 0 Å². The van der Waals surface area contributed by atoms with Crippen molar-refractivity contribution >= 4 is 0 Å². The van der Waals surface area contributed by atoms with Gasteiger partial charge >= 0.3 is 0 Å². The first kappa shape index (κ1) is 13.3. The number of aliphatic hydroxyl groups is 1. The van der Waals surface area contributed by atoms with E-state index in [2.05, 4.69) is 4.90 Å². The van der Waals surface area contributed by atoms with E-state index in [-0.39, 0.29) is 6.10 Å². The number of rotatable bonds is 4. The van der Waals surface area contributed by atoms with Gasteiger partial charge in [0, 0.05) is 20.2 Å². The molecule has 3 heteroatoms. The van der Waals surface area contributed by atoms with Gasteiger partial charge in [0.1, 0.15) is 0 Å². The van der Waals surface area contributed by atoms with Crippen LogP contribution in [0.3, 0.4) is 0 Å². The van der Waals surface area contributed by atoms with Crippen LogP contribution in [0.2, 0.25) is 0 Å². The van der Waals surface area contributed by atoms with Gasteiger partial charge in [-0.25, -0.2) is 0 Å².